The van der Waals surface area contributed by atoms with Gasteiger partial charge in [0.05, 0.1) is 19.3 Å². The van der Waals surface area contributed by atoms with Crippen LogP contribution in [0.4, 0.5) is 5.82 Å². The smallest absolute Gasteiger partial charge is 0.191 e. The number of piperazine rings is 1. The van der Waals surface area contributed by atoms with Gasteiger partial charge in [-0.3, -0.25) is 0 Å². The number of likely N-dealkylation sites (N-methyl/N-ethyl adjacent to an activating group) is 1. The minimum absolute atomic E-state index is 0. The predicted molar refractivity (Wildman–Crippen MR) is 132 cm³/mol. The lowest BCUT2D eigenvalue weighted by molar-refractivity contribution is 0.0420. The summed E-state index contributed by atoms with van der Waals surface area (Å²) < 4.78 is 11.2. The second-order valence-electron chi connectivity index (χ2n) is 7.61. The molecule has 0 radical (unpaired) electrons. The van der Waals surface area contributed by atoms with Crippen molar-refractivity contribution in [2.24, 2.45) is 4.99 Å². The van der Waals surface area contributed by atoms with Crippen molar-refractivity contribution in [2.45, 2.75) is 32.4 Å². The van der Waals surface area contributed by atoms with Crippen LogP contribution in [0.15, 0.2) is 23.3 Å². The molecule has 2 fully saturated rings. The van der Waals surface area contributed by atoms with Crippen molar-refractivity contribution < 1.29 is 9.47 Å². The van der Waals surface area contributed by atoms with Crippen LogP contribution in [0.3, 0.4) is 0 Å². The molecule has 2 aliphatic heterocycles. The fourth-order valence-corrected chi connectivity index (χ4v) is 3.54. The molecule has 0 aromatic carbocycles. The highest BCUT2D eigenvalue weighted by molar-refractivity contribution is 14.0. The van der Waals surface area contributed by atoms with Crippen LogP contribution >= 0.6 is 24.0 Å². The molecular weight excluding hydrogens is 495 g/mol. The molecule has 0 saturated carbocycles. The lowest BCUT2D eigenvalue weighted by Gasteiger charge is -2.34. The number of nitrogens with one attached hydrogen (secondary N) is 2. The molecule has 1 unspecified atom stereocenters. The Morgan fingerprint density at radius 3 is 2.87 bits per heavy atom. The molecule has 0 amide bonds. The highest BCUT2D eigenvalue weighted by Crippen LogP contribution is 2.19. The molecule has 3 heterocycles. The van der Waals surface area contributed by atoms with E-state index in [0.717, 1.165) is 83.7 Å². The third kappa shape index (κ3) is 8.16. The number of pyridine rings is 1. The molecule has 1 aromatic heterocycles. The number of nitrogens with zero attached hydrogens (tertiary/aromatic N) is 4. The fraction of sp³-hybridized carbons (Fsp3) is 0.714. The lowest BCUT2D eigenvalue weighted by atomic mass is 10.2. The molecule has 1 atom stereocenters. The van der Waals surface area contributed by atoms with E-state index in [-0.39, 0.29) is 30.1 Å². The van der Waals surface area contributed by atoms with E-state index in [1.165, 1.54) is 5.56 Å². The maximum Gasteiger partial charge on any atom is 0.191 e. The Kier molecular flexibility index (Phi) is 11.7. The molecule has 8 nitrogen and oxygen atoms in total. The molecule has 3 rings (SSSR count). The molecule has 30 heavy (non-hydrogen) atoms. The molecule has 9 heteroatoms. The van der Waals surface area contributed by atoms with E-state index >= 15 is 0 Å². The highest BCUT2D eigenvalue weighted by Gasteiger charge is 2.18. The van der Waals surface area contributed by atoms with E-state index in [9.17, 15) is 0 Å². The van der Waals surface area contributed by atoms with Gasteiger partial charge < -0.3 is 29.9 Å². The van der Waals surface area contributed by atoms with Crippen molar-refractivity contribution in [3.05, 3.63) is 23.9 Å². The van der Waals surface area contributed by atoms with Crippen molar-refractivity contribution in [2.75, 3.05) is 71.0 Å². The Bertz CT molecular complexity index is 634. The Labute approximate surface area is 197 Å². The molecule has 0 spiro atoms. The zero-order valence-electron chi connectivity index (χ0n) is 18.3. The Balaban J connectivity index is 0.00000320. The van der Waals surface area contributed by atoms with Gasteiger partial charge in [-0.15, -0.1) is 24.0 Å². The van der Waals surface area contributed by atoms with Gasteiger partial charge >= 0.3 is 0 Å². The average Bonchev–Trinajstić information content (AvgIpc) is 3.26. The van der Waals surface area contributed by atoms with E-state index in [1.54, 1.807) is 0 Å². The van der Waals surface area contributed by atoms with Crippen molar-refractivity contribution in [3.8, 4) is 0 Å². The van der Waals surface area contributed by atoms with Crippen LogP contribution in [0.5, 0.6) is 0 Å². The first-order valence-electron chi connectivity index (χ1n) is 10.8. The van der Waals surface area contributed by atoms with E-state index < -0.39 is 0 Å². The summed E-state index contributed by atoms with van der Waals surface area (Å²) in [6, 6.07) is 4.13. The zero-order chi connectivity index (χ0) is 20.3. The van der Waals surface area contributed by atoms with Gasteiger partial charge in [0, 0.05) is 64.2 Å². The maximum absolute atomic E-state index is 5.82. The van der Waals surface area contributed by atoms with Gasteiger partial charge in [-0.1, -0.05) is 6.07 Å². The first-order valence-corrected chi connectivity index (χ1v) is 10.8. The number of rotatable bonds is 9. The molecule has 0 bridgehead atoms. The van der Waals surface area contributed by atoms with Gasteiger partial charge in [0.2, 0.25) is 0 Å². The van der Waals surface area contributed by atoms with Crippen LogP contribution in [-0.4, -0.2) is 88.1 Å². The SMILES string of the molecule is CCNC(=NCc1cccnc1N1CCN(C)CC1)NCCCOC1CCOC1.I. The average molecular weight is 532 g/mol. The molecule has 2 saturated heterocycles. The van der Waals surface area contributed by atoms with Crippen LogP contribution in [0.1, 0.15) is 25.3 Å². The van der Waals surface area contributed by atoms with Crippen molar-refractivity contribution in [3.63, 3.8) is 0 Å². The third-order valence-electron chi connectivity index (χ3n) is 5.28. The minimum Gasteiger partial charge on any atom is -0.379 e. The normalized spacial score (nSPS) is 20.1. The van der Waals surface area contributed by atoms with Gasteiger partial charge in [0.25, 0.3) is 0 Å². The van der Waals surface area contributed by atoms with Gasteiger partial charge in [-0.2, -0.15) is 0 Å². The summed E-state index contributed by atoms with van der Waals surface area (Å²) in [7, 11) is 2.17. The van der Waals surface area contributed by atoms with E-state index in [0.29, 0.717) is 6.54 Å². The van der Waals surface area contributed by atoms with Crippen LogP contribution in [0, 0.1) is 0 Å². The number of hydrogen-bond acceptors (Lipinski definition) is 6. The summed E-state index contributed by atoms with van der Waals surface area (Å²) in [5.41, 5.74) is 1.17. The lowest BCUT2D eigenvalue weighted by Crippen LogP contribution is -2.45. The molecule has 0 aliphatic carbocycles. The van der Waals surface area contributed by atoms with E-state index in [1.807, 2.05) is 12.3 Å². The summed E-state index contributed by atoms with van der Waals surface area (Å²) in [5.74, 6) is 1.90. The number of aromatic nitrogens is 1. The van der Waals surface area contributed by atoms with Gasteiger partial charge in [-0.25, -0.2) is 9.98 Å². The van der Waals surface area contributed by atoms with Crippen LogP contribution in [0.2, 0.25) is 0 Å². The van der Waals surface area contributed by atoms with Crippen molar-refractivity contribution in [1.29, 1.82) is 0 Å². The Morgan fingerprint density at radius 2 is 2.13 bits per heavy atom. The zero-order valence-corrected chi connectivity index (χ0v) is 20.6. The molecule has 170 valence electrons. The third-order valence-corrected chi connectivity index (χ3v) is 5.28. The van der Waals surface area contributed by atoms with Gasteiger partial charge in [0.15, 0.2) is 5.96 Å². The monoisotopic (exact) mass is 532 g/mol. The number of hydrogen-bond donors (Lipinski definition) is 2. The summed E-state index contributed by atoms with van der Waals surface area (Å²) in [4.78, 5) is 14.2. The largest absolute Gasteiger partial charge is 0.379 e. The molecule has 1 aromatic rings. The highest BCUT2D eigenvalue weighted by atomic mass is 127. The predicted octanol–water partition coefficient (Wildman–Crippen LogP) is 1.70. The quantitative estimate of drug-likeness (QED) is 0.217. The number of ether oxygens (including phenoxy) is 2. The van der Waals surface area contributed by atoms with Crippen LogP contribution in [-0.2, 0) is 16.0 Å². The van der Waals surface area contributed by atoms with E-state index in [4.69, 9.17) is 14.5 Å². The number of halogens is 1. The minimum atomic E-state index is 0. The van der Waals surface area contributed by atoms with Crippen molar-refractivity contribution >= 4 is 35.8 Å². The summed E-state index contributed by atoms with van der Waals surface area (Å²) in [5, 5.41) is 6.74. The Morgan fingerprint density at radius 1 is 1.30 bits per heavy atom. The topological polar surface area (TPSA) is 74.3 Å². The van der Waals surface area contributed by atoms with Crippen molar-refractivity contribution in [1.82, 2.24) is 20.5 Å². The Hall–Kier alpha value is -1.17. The summed E-state index contributed by atoms with van der Waals surface area (Å²) in [6.07, 6.45) is 4.11. The van der Waals surface area contributed by atoms with Gasteiger partial charge in [0.1, 0.15) is 5.82 Å². The number of aliphatic imine (C=N–C) groups is 1. The van der Waals surface area contributed by atoms with Crippen LogP contribution in [0.25, 0.3) is 0 Å². The first-order chi connectivity index (χ1) is 14.3. The first kappa shape index (κ1) is 25.1. The van der Waals surface area contributed by atoms with Gasteiger partial charge in [-0.05, 0) is 32.9 Å². The molecule has 2 N–H and O–H groups in total. The number of guanidine groups is 1. The summed E-state index contributed by atoms with van der Waals surface area (Å²) >= 11 is 0. The standard InChI is InChI=1S/C21H36N6O2.HI/c1-3-22-21(24-9-5-14-29-19-7-15-28-17-19)25-16-18-6-4-8-23-20(18)27-12-10-26(2)11-13-27;/h4,6,8,19H,3,5,7,9-17H2,1-2H3,(H2,22,24,25);1H. The number of anilines is 1. The second kappa shape index (κ2) is 14.0. The maximum atomic E-state index is 5.82. The summed E-state index contributed by atoms with van der Waals surface area (Å²) in [6.45, 7) is 10.8. The fourth-order valence-electron chi connectivity index (χ4n) is 3.54. The second-order valence-corrected chi connectivity index (χ2v) is 7.61. The molecular formula is C21H37IN6O2. The van der Waals surface area contributed by atoms with E-state index in [2.05, 4.69) is 45.5 Å². The van der Waals surface area contributed by atoms with Crippen LogP contribution < -0.4 is 15.5 Å². The molecule has 2 aliphatic rings.